The lowest BCUT2D eigenvalue weighted by molar-refractivity contribution is -0.145. The summed E-state index contributed by atoms with van der Waals surface area (Å²) in [6.45, 7) is 4.88. The van der Waals surface area contributed by atoms with E-state index in [1.54, 1.807) is 30.5 Å². The first kappa shape index (κ1) is 30.3. The van der Waals surface area contributed by atoms with Crippen LogP contribution in [0.5, 0.6) is 0 Å². The number of nitrogens with one attached hydrogen (secondary N) is 4. The number of fused-ring (bicyclic) bond motifs is 1. The SMILES string of the molecule is CC(C)CC(N)C(=O)NC(CC(=O)O)C(=O)NC(Cc1c[nH]c2ccccc12)C(=O)NC(C(=O)O)C(C)O. The summed E-state index contributed by atoms with van der Waals surface area (Å²) in [7, 11) is 0. The van der Waals surface area contributed by atoms with E-state index < -0.39 is 66.4 Å². The number of H-pyrrole nitrogens is 1. The van der Waals surface area contributed by atoms with E-state index in [1.165, 1.54) is 6.92 Å². The molecule has 5 atom stereocenters. The Hall–Kier alpha value is -3.97. The minimum Gasteiger partial charge on any atom is -0.481 e. The van der Waals surface area contributed by atoms with Gasteiger partial charge in [-0.25, -0.2) is 4.79 Å². The van der Waals surface area contributed by atoms with Gasteiger partial charge in [0.25, 0.3) is 0 Å². The first-order valence-corrected chi connectivity index (χ1v) is 12.1. The highest BCUT2D eigenvalue weighted by molar-refractivity contribution is 5.96. The number of carbonyl (C=O) groups excluding carboxylic acids is 3. The Morgan fingerprint density at radius 2 is 1.53 bits per heavy atom. The number of aliphatic carboxylic acids is 2. The summed E-state index contributed by atoms with van der Waals surface area (Å²) in [5, 5.41) is 36.2. The van der Waals surface area contributed by atoms with Crippen LogP contribution < -0.4 is 21.7 Å². The molecule has 1 heterocycles. The van der Waals surface area contributed by atoms with E-state index in [1.807, 2.05) is 13.8 Å². The smallest absolute Gasteiger partial charge is 0.328 e. The van der Waals surface area contributed by atoms with Crippen molar-refractivity contribution in [2.24, 2.45) is 11.7 Å². The van der Waals surface area contributed by atoms with Crippen LogP contribution in [0, 0.1) is 5.92 Å². The summed E-state index contributed by atoms with van der Waals surface area (Å²) in [5.74, 6) is -5.41. The largest absolute Gasteiger partial charge is 0.481 e. The summed E-state index contributed by atoms with van der Waals surface area (Å²) in [6.07, 6.45) is -0.397. The van der Waals surface area contributed by atoms with Crippen molar-refractivity contribution in [1.82, 2.24) is 20.9 Å². The Kier molecular flexibility index (Phi) is 10.8. The fourth-order valence-electron chi connectivity index (χ4n) is 3.92. The van der Waals surface area contributed by atoms with Gasteiger partial charge in [0.05, 0.1) is 18.6 Å². The van der Waals surface area contributed by atoms with Gasteiger partial charge < -0.3 is 42.0 Å². The fourth-order valence-corrected chi connectivity index (χ4v) is 3.92. The van der Waals surface area contributed by atoms with Crippen molar-refractivity contribution in [3.63, 3.8) is 0 Å². The summed E-state index contributed by atoms with van der Waals surface area (Å²) < 4.78 is 0. The second-order valence-corrected chi connectivity index (χ2v) is 9.58. The molecule has 0 saturated heterocycles. The second kappa shape index (κ2) is 13.5. The van der Waals surface area contributed by atoms with Crippen molar-refractivity contribution < 1.29 is 39.3 Å². The molecule has 0 fully saturated rings. The minimum absolute atomic E-state index is 0.0721. The van der Waals surface area contributed by atoms with Crippen LogP contribution in [0.4, 0.5) is 0 Å². The number of carboxylic acids is 2. The highest BCUT2D eigenvalue weighted by atomic mass is 16.4. The molecule has 0 radical (unpaired) electrons. The number of aliphatic hydroxyl groups excluding tert-OH is 1. The Balaban J connectivity index is 2.33. The molecule has 0 saturated carbocycles. The number of carbonyl (C=O) groups is 5. The number of aromatic amines is 1. The molecule has 0 aliphatic rings. The van der Waals surface area contributed by atoms with Crippen molar-refractivity contribution in [3.05, 3.63) is 36.0 Å². The first-order valence-electron chi connectivity index (χ1n) is 12.1. The number of carboxylic acid groups (broad SMARTS) is 2. The Bertz CT molecular complexity index is 1160. The molecule has 0 bridgehead atoms. The van der Waals surface area contributed by atoms with E-state index in [0.717, 1.165) is 10.9 Å². The molecule has 0 spiro atoms. The van der Waals surface area contributed by atoms with E-state index in [2.05, 4.69) is 20.9 Å². The van der Waals surface area contributed by atoms with Crippen LogP contribution in [0.3, 0.4) is 0 Å². The number of para-hydroxylation sites is 1. The normalized spacial score (nSPS) is 15.2. The monoisotopic (exact) mass is 533 g/mol. The van der Waals surface area contributed by atoms with Crippen molar-refractivity contribution >= 4 is 40.6 Å². The first-order chi connectivity index (χ1) is 17.8. The predicted octanol–water partition coefficient (Wildman–Crippen LogP) is -0.522. The third kappa shape index (κ3) is 8.56. The van der Waals surface area contributed by atoms with Gasteiger partial charge in [-0.05, 0) is 30.9 Å². The van der Waals surface area contributed by atoms with Gasteiger partial charge in [-0.15, -0.1) is 0 Å². The van der Waals surface area contributed by atoms with Crippen molar-refractivity contribution in [2.75, 3.05) is 0 Å². The zero-order valence-corrected chi connectivity index (χ0v) is 21.4. The van der Waals surface area contributed by atoms with Crippen molar-refractivity contribution in [1.29, 1.82) is 0 Å². The van der Waals surface area contributed by atoms with Gasteiger partial charge in [0.1, 0.15) is 12.1 Å². The molecule has 9 N–H and O–H groups in total. The molecular formula is C25H35N5O8. The number of benzene rings is 1. The van der Waals surface area contributed by atoms with Crippen LogP contribution in [0.2, 0.25) is 0 Å². The highest BCUT2D eigenvalue weighted by Crippen LogP contribution is 2.19. The number of amides is 3. The molecule has 3 amide bonds. The van der Waals surface area contributed by atoms with Crippen LogP contribution in [-0.2, 0) is 30.4 Å². The number of nitrogens with two attached hydrogens (primary N) is 1. The maximum absolute atomic E-state index is 13.1. The third-order valence-electron chi connectivity index (χ3n) is 5.85. The van der Waals surface area contributed by atoms with Crippen LogP contribution in [0.25, 0.3) is 10.9 Å². The van der Waals surface area contributed by atoms with Crippen LogP contribution in [0.15, 0.2) is 30.5 Å². The lowest BCUT2D eigenvalue weighted by Crippen LogP contribution is -2.59. The lowest BCUT2D eigenvalue weighted by Gasteiger charge is -2.25. The van der Waals surface area contributed by atoms with E-state index in [4.69, 9.17) is 5.73 Å². The molecule has 13 heteroatoms. The van der Waals surface area contributed by atoms with Gasteiger partial charge in [0.15, 0.2) is 6.04 Å². The fraction of sp³-hybridized carbons (Fsp3) is 0.480. The van der Waals surface area contributed by atoms with Gasteiger partial charge >= 0.3 is 11.9 Å². The minimum atomic E-state index is -1.66. The quantitative estimate of drug-likeness (QED) is 0.156. The van der Waals surface area contributed by atoms with E-state index in [9.17, 15) is 39.3 Å². The average molecular weight is 534 g/mol. The van der Waals surface area contributed by atoms with E-state index in [0.29, 0.717) is 12.0 Å². The average Bonchev–Trinajstić information content (AvgIpc) is 3.23. The maximum atomic E-state index is 13.1. The molecule has 0 aliphatic carbocycles. The number of rotatable bonds is 14. The molecule has 2 aromatic rings. The molecule has 38 heavy (non-hydrogen) atoms. The maximum Gasteiger partial charge on any atom is 0.328 e. The molecule has 208 valence electrons. The number of aromatic nitrogens is 1. The summed E-state index contributed by atoms with van der Waals surface area (Å²) in [6, 6.07) is 1.61. The van der Waals surface area contributed by atoms with Crippen LogP contribution in [0.1, 0.15) is 39.2 Å². The number of aliphatic hydroxyl groups is 1. The molecule has 1 aromatic heterocycles. The number of hydrogen-bond acceptors (Lipinski definition) is 7. The predicted molar refractivity (Wildman–Crippen MR) is 137 cm³/mol. The van der Waals surface area contributed by atoms with Crippen molar-refractivity contribution in [3.8, 4) is 0 Å². The molecular weight excluding hydrogens is 498 g/mol. The van der Waals surface area contributed by atoms with Crippen LogP contribution in [-0.4, -0.2) is 80.2 Å². The molecule has 1 aromatic carbocycles. The second-order valence-electron chi connectivity index (χ2n) is 9.58. The number of hydrogen-bond donors (Lipinski definition) is 8. The van der Waals surface area contributed by atoms with E-state index in [-0.39, 0.29) is 12.3 Å². The molecule has 13 nitrogen and oxygen atoms in total. The molecule has 0 aliphatic heterocycles. The van der Waals surface area contributed by atoms with Gasteiger partial charge in [-0.2, -0.15) is 0 Å². The molecule has 2 rings (SSSR count). The topological polar surface area (TPSA) is 224 Å². The van der Waals surface area contributed by atoms with Gasteiger partial charge in [-0.1, -0.05) is 32.0 Å². The highest BCUT2D eigenvalue weighted by Gasteiger charge is 2.33. The zero-order chi connectivity index (χ0) is 28.6. The Morgan fingerprint density at radius 1 is 0.921 bits per heavy atom. The lowest BCUT2D eigenvalue weighted by atomic mass is 10.0. The molecule has 5 unspecified atom stereocenters. The Labute approximate surface area is 219 Å². The zero-order valence-electron chi connectivity index (χ0n) is 21.4. The summed E-state index contributed by atoms with van der Waals surface area (Å²) >= 11 is 0. The Morgan fingerprint density at radius 3 is 2.11 bits per heavy atom. The van der Waals surface area contributed by atoms with E-state index >= 15 is 0 Å². The third-order valence-corrected chi connectivity index (χ3v) is 5.85. The van der Waals surface area contributed by atoms with Gasteiger partial charge in [0.2, 0.25) is 17.7 Å². The summed E-state index contributed by atoms with van der Waals surface area (Å²) in [5.41, 5.74) is 7.24. The van der Waals surface area contributed by atoms with Crippen molar-refractivity contribution in [2.45, 2.75) is 70.3 Å². The van der Waals surface area contributed by atoms with Gasteiger partial charge in [-0.3, -0.25) is 19.2 Å². The summed E-state index contributed by atoms with van der Waals surface area (Å²) in [4.78, 5) is 64.7. The standard InChI is InChI=1S/C25H35N5O8/c1-12(2)8-16(26)22(34)28-19(10-20(32)33)23(35)29-18(24(36)30-21(13(3)31)25(37)38)9-14-11-27-17-7-5-4-6-15(14)17/h4-7,11-13,16,18-19,21,27,31H,8-10,26H2,1-3H3,(H,28,34)(H,29,35)(H,30,36)(H,32,33)(H,37,38). The van der Waals surface area contributed by atoms with Crippen LogP contribution >= 0.6 is 0 Å². The van der Waals surface area contributed by atoms with Gasteiger partial charge in [0, 0.05) is 23.5 Å².